The second-order valence-corrected chi connectivity index (χ2v) is 6.60. The fourth-order valence-electron chi connectivity index (χ4n) is 2.74. The number of rotatable bonds is 4. The van der Waals surface area contributed by atoms with Crippen molar-refractivity contribution in [2.75, 3.05) is 38.2 Å². The van der Waals surface area contributed by atoms with Crippen molar-refractivity contribution < 1.29 is 0 Å². The Hall–Kier alpha value is 0.270. The van der Waals surface area contributed by atoms with Gasteiger partial charge in [-0.25, -0.2) is 0 Å². The predicted molar refractivity (Wildman–Crippen MR) is 73.2 cm³/mol. The molecule has 0 spiro atoms. The Bertz CT molecular complexity index is 184. The molecule has 0 amide bonds. The van der Waals surface area contributed by atoms with E-state index in [1.54, 1.807) is 0 Å². The lowest BCUT2D eigenvalue weighted by atomic mass is 9.94. The highest BCUT2D eigenvalue weighted by atomic mass is 32.2. The lowest BCUT2D eigenvalue weighted by molar-refractivity contribution is 0.210. The summed E-state index contributed by atoms with van der Waals surface area (Å²) in [6, 6.07) is 0.826. The highest BCUT2D eigenvalue weighted by molar-refractivity contribution is 7.99. The molecular formula is C13H26N2S. The standard InChI is InChI=1S/C13H26N2S/c1-15-8-3-12(4-9-15)2-7-14-13-5-10-16-11-6-13/h12-14H,2-11H2,1H3. The van der Waals surface area contributed by atoms with Gasteiger partial charge in [0.25, 0.3) is 0 Å². The van der Waals surface area contributed by atoms with Gasteiger partial charge in [0.2, 0.25) is 0 Å². The van der Waals surface area contributed by atoms with Crippen LogP contribution in [0.1, 0.15) is 32.1 Å². The molecule has 2 aliphatic rings. The smallest absolute Gasteiger partial charge is 0.00827 e. The number of nitrogens with zero attached hydrogens (tertiary/aromatic N) is 1. The van der Waals surface area contributed by atoms with E-state index in [1.807, 2.05) is 0 Å². The van der Waals surface area contributed by atoms with E-state index in [9.17, 15) is 0 Å². The highest BCUT2D eigenvalue weighted by Gasteiger charge is 2.17. The van der Waals surface area contributed by atoms with E-state index < -0.39 is 0 Å². The van der Waals surface area contributed by atoms with Crippen LogP contribution in [0.3, 0.4) is 0 Å². The fraction of sp³-hybridized carbons (Fsp3) is 1.00. The molecule has 94 valence electrons. The van der Waals surface area contributed by atoms with Crippen LogP contribution < -0.4 is 5.32 Å². The summed E-state index contributed by atoms with van der Waals surface area (Å²) in [4.78, 5) is 2.46. The highest BCUT2D eigenvalue weighted by Crippen LogP contribution is 2.20. The zero-order valence-corrected chi connectivity index (χ0v) is 11.4. The van der Waals surface area contributed by atoms with Gasteiger partial charge in [0, 0.05) is 6.04 Å². The molecule has 2 nitrogen and oxygen atoms in total. The predicted octanol–water partition coefficient (Wildman–Crippen LogP) is 2.20. The molecule has 2 fully saturated rings. The lowest BCUT2D eigenvalue weighted by Crippen LogP contribution is -2.36. The maximum atomic E-state index is 3.75. The van der Waals surface area contributed by atoms with Crippen LogP contribution in [-0.4, -0.2) is 49.1 Å². The molecule has 3 heteroatoms. The SMILES string of the molecule is CN1CCC(CCNC2CCSCC2)CC1. The van der Waals surface area contributed by atoms with Crippen molar-refractivity contribution in [3.8, 4) is 0 Å². The average Bonchev–Trinajstić information content (AvgIpc) is 2.33. The number of likely N-dealkylation sites (tertiary alicyclic amines) is 1. The number of piperidine rings is 1. The Morgan fingerprint density at radius 1 is 1.12 bits per heavy atom. The molecule has 0 unspecified atom stereocenters. The monoisotopic (exact) mass is 242 g/mol. The van der Waals surface area contributed by atoms with Crippen LogP contribution >= 0.6 is 11.8 Å². The second-order valence-electron chi connectivity index (χ2n) is 5.38. The Morgan fingerprint density at radius 3 is 2.50 bits per heavy atom. The van der Waals surface area contributed by atoms with E-state index in [4.69, 9.17) is 0 Å². The molecule has 0 radical (unpaired) electrons. The second kappa shape index (κ2) is 6.87. The van der Waals surface area contributed by atoms with Gasteiger partial charge in [0.15, 0.2) is 0 Å². The molecule has 0 bridgehead atoms. The molecule has 1 N–H and O–H groups in total. The molecule has 2 aliphatic heterocycles. The molecule has 2 heterocycles. The van der Waals surface area contributed by atoms with Gasteiger partial charge >= 0.3 is 0 Å². The van der Waals surface area contributed by atoms with Crippen molar-refractivity contribution in [3.63, 3.8) is 0 Å². The Labute approximate surface area is 105 Å². The number of hydrogen-bond acceptors (Lipinski definition) is 3. The lowest BCUT2D eigenvalue weighted by Gasteiger charge is -2.30. The summed E-state index contributed by atoms with van der Waals surface area (Å²) in [7, 11) is 2.24. The van der Waals surface area contributed by atoms with E-state index in [0.29, 0.717) is 0 Å². The van der Waals surface area contributed by atoms with Crippen LogP contribution in [0.15, 0.2) is 0 Å². The first-order valence-electron chi connectivity index (χ1n) is 6.84. The van der Waals surface area contributed by atoms with Gasteiger partial charge in [-0.1, -0.05) is 0 Å². The molecular weight excluding hydrogens is 216 g/mol. The largest absolute Gasteiger partial charge is 0.314 e. The number of nitrogens with one attached hydrogen (secondary N) is 1. The number of hydrogen-bond donors (Lipinski definition) is 1. The summed E-state index contributed by atoms with van der Waals surface area (Å²) in [6.45, 7) is 3.87. The Balaban J connectivity index is 1.53. The topological polar surface area (TPSA) is 15.3 Å². The molecule has 2 rings (SSSR count). The zero-order valence-electron chi connectivity index (χ0n) is 10.6. The van der Waals surface area contributed by atoms with Crippen LogP contribution in [0, 0.1) is 5.92 Å². The molecule has 0 aromatic heterocycles. The van der Waals surface area contributed by atoms with Crippen LogP contribution in [0.5, 0.6) is 0 Å². The summed E-state index contributed by atoms with van der Waals surface area (Å²) < 4.78 is 0. The van der Waals surface area contributed by atoms with Gasteiger partial charge in [-0.3, -0.25) is 0 Å². The average molecular weight is 242 g/mol. The molecule has 16 heavy (non-hydrogen) atoms. The van der Waals surface area contributed by atoms with Crippen LogP contribution in [0.25, 0.3) is 0 Å². The van der Waals surface area contributed by atoms with Crippen molar-refractivity contribution >= 4 is 11.8 Å². The summed E-state index contributed by atoms with van der Waals surface area (Å²) in [6.07, 6.45) is 7.00. The van der Waals surface area contributed by atoms with Gasteiger partial charge in [-0.2, -0.15) is 11.8 Å². The van der Waals surface area contributed by atoms with Gasteiger partial charge < -0.3 is 10.2 Å². The van der Waals surface area contributed by atoms with Gasteiger partial charge in [0.05, 0.1) is 0 Å². The van der Waals surface area contributed by atoms with E-state index in [-0.39, 0.29) is 0 Å². The van der Waals surface area contributed by atoms with E-state index in [2.05, 4.69) is 29.0 Å². The van der Waals surface area contributed by atoms with Crippen molar-refractivity contribution in [2.45, 2.75) is 38.1 Å². The molecule has 0 aromatic rings. The summed E-state index contributed by atoms with van der Waals surface area (Å²) in [5.41, 5.74) is 0. The maximum Gasteiger partial charge on any atom is 0.00827 e. The maximum absolute atomic E-state index is 3.75. The summed E-state index contributed by atoms with van der Waals surface area (Å²) >= 11 is 2.11. The third-order valence-corrected chi connectivity index (χ3v) is 5.09. The van der Waals surface area contributed by atoms with Crippen LogP contribution in [-0.2, 0) is 0 Å². The van der Waals surface area contributed by atoms with Gasteiger partial charge in [-0.15, -0.1) is 0 Å². The zero-order chi connectivity index (χ0) is 11.2. The number of thioether (sulfide) groups is 1. The van der Waals surface area contributed by atoms with Crippen molar-refractivity contribution in [1.82, 2.24) is 10.2 Å². The molecule has 0 aliphatic carbocycles. The van der Waals surface area contributed by atoms with E-state index in [1.165, 1.54) is 63.2 Å². The van der Waals surface area contributed by atoms with Crippen molar-refractivity contribution in [2.24, 2.45) is 5.92 Å². The normalized spacial score (nSPS) is 26.1. The third kappa shape index (κ3) is 4.27. The van der Waals surface area contributed by atoms with Crippen LogP contribution in [0.4, 0.5) is 0 Å². The minimum Gasteiger partial charge on any atom is -0.314 e. The Morgan fingerprint density at radius 2 is 1.81 bits per heavy atom. The quantitative estimate of drug-likeness (QED) is 0.814. The third-order valence-electron chi connectivity index (χ3n) is 4.05. The van der Waals surface area contributed by atoms with Gasteiger partial charge in [0.1, 0.15) is 0 Å². The van der Waals surface area contributed by atoms with E-state index >= 15 is 0 Å². The minimum absolute atomic E-state index is 0.826. The van der Waals surface area contributed by atoms with Crippen molar-refractivity contribution in [3.05, 3.63) is 0 Å². The van der Waals surface area contributed by atoms with Crippen LogP contribution in [0.2, 0.25) is 0 Å². The van der Waals surface area contributed by atoms with E-state index in [0.717, 1.165) is 12.0 Å². The van der Waals surface area contributed by atoms with Gasteiger partial charge in [-0.05, 0) is 76.2 Å². The minimum atomic E-state index is 0.826. The molecule has 2 saturated heterocycles. The molecule has 0 aromatic carbocycles. The summed E-state index contributed by atoms with van der Waals surface area (Å²) in [5, 5.41) is 3.75. The fourth-order valence-corrected chi connectivity index (χ4v) is 3.85. The van der Waals surface area contributed by atoms with Crippen molar-refractivity contribution in [1.29, 1.82) is 0 Å². The Kier molecular flexibility index (Phi) is 5.46. The first kappa shape index (κ1) is 12.7. The summed E-state index contributed by atoms with van der Waals surface area (Å²) in [5.74, 6) is 3.72. The first-order chi connectivity index (χ1) is 7.84. The molecule has 0 atom stereocenters. The molecule has 0 saturated carbocycles. The first-order valence-corrected chi connectivity index (χ1v) is 8.00.